The van der Waals surface area contributed by atoms with E-state index in [0.29, 0.717) is 6.04 Å². The first-order valence-corrected chi connectivity index (χ1v) is 7.18. The average molecular weight is 227 g/mol. The van der Waals surface area contributed by atoms with Gasteiger partial charge in [0.15, 0.2) is 0 Å². The standard InChI is InChI=1S/C14H29NO/c1-4-12-10-8-7-9-11-13(12)15(6-3)14(16)5-2/h12-14,16H,4-11H2,1-3H3. The van der Waals surface area contributed by atoms with Crippen LogP contribution in [-0.4, -0.2) is 28.8 Å². The number of aliphatic hydroxyl groups is 1. The van der Waals surface area contributed by atoms with Crippen LogP contribution in [0.5, 0.6) is 0 Å². The molecule has 1 aliphatic rings. The van der Waals surface area contributed by atoms with Crippen molar-refractivity contribution in [1.29, 1.82) is 0 Å². The Morgan fingerprint density at radius 1 is 1.12 bits per heavy atom. The first-order valence-electron chi connectivity index (χ1n) is 7.18. The number of aliphatic hydroxyl groups excluding tert-OH is 1. The van der Waals surface area contributed by atoms with E-state index in [4.69, 9.17) is 0 Å². The van der Waals surface area contributed by atoms with E-state index in [1.165, 1.54) is 38.5 Å². The van der Waals surface area contributed by atoms with Crippen LogP contribution in [0.1, 0.15) is 65.7 Å². The van der Waals surface area contributed by atoms with E-state index in [2.05, 4.69) is 25.7 Å². The number of hydrogen-bond acceptors (Lipinski definition) is 2. The van der Waals surface area contributed by atoms with E-state index in [-0.39, 0.29) is 6.23 Å². The van der Waals surface area contributed by atoms with Crippen LogP contribution in [0.4, 0.5) is 0 Å². The van der Waals surface area contributed by atoms with Gasteiger partial charge in [-0.15, -0.1) is 0 Å². The molecule has 1 saturated carbocycles. The number of rotatable bonds is 5. The molecule has 16 heavy (non-hydrogen) atoms. The zero-order chi connectivity index (χ0) is 12.0. The van der Waals surface area contributed by atoms with E-state index in [9.17, 15) is 5.11 Å². The molecule has 2 heteroatoms. The van der Waals surface area contributed by atoms with Crippen LogP contribution in [0.15, 0.2) is 0 Å². The molecule has 96 valence electrons. The van der Waals surface area contributed by atoms with Gasteiger partial charge in [0, 0.05) is 6.04 Å². The highest BCUT2D eigenvalue weighted by atomic mass is 16.3. The van der Waals surface area contributed by atoms with Crippen molar-refractivity contribution in [2.24, 2.45) is 5.92 Å². The summed E-state index contributed by atoms with van der Waals surface area (Å²) in [5.41, 5.74) is 0. The van der Waals surface area contributed by atoms with Gasteiger partial charge in [0.2, 0.25) is 0 Å². The smallest absolute Gasteiger partial charge is 0.107 e. The van der Waals surface area contributed by atoms with Crippen molar-refractivity contribution in [3.8, 4) is 0 Å². The monoisotopic (exact) mass is 227 g/mol. The highest BCUT2D eigenvalue weighted by molar-refractivity contribution is 4.82. The van der Waals surface area contributed by atoms with E-state index in [1.807, 2.05) is 0 Å². The lowest BCUT2D eigenvalue weighted by atomic mass is 9.90. The van der Waals surface area contributed by atoms with Gasteiger partial charge in [-0.25, -0.2) is 0 Å². The van der Waals surface area contributed by atoms with Gasteiger partial charge in [-0.1, -0.05) is 46.5 Å². The summed E-state index contributed by atoms with van der Waals surface area (Å²) in [6.07, 6.45) is 8.62. The molecule has 1 rings (SSSR count). The predicted molar refractivity (Wildman–Crippen MR) is 69.3 cm³/mol. The Labute approximate surface area is 101 Å². The third-order valence-electron chi connectivity index (χ3n) is 4.18. The van der Waals surface area contributed by atoms with Crippen LogP contribution < -0.4 is 0 Å². The molecule has 3 unspecified atom stereocenters. The molecule has 1 aliphatic carbocycles. The maximum Gasteiger partial charge on any atom is 0.107 e. The van der Waals surface area contributed by atoms with Gasteiger partial charge in [0.25, 0.3) is 0 Å². The van der Waals surface area contributed by atoms with Crippen LogP contribution in [0, 0.1) is 5.92 Å². The molecule has 0 amide bonds. The fraction of sp³-hybridized carbons (Fsp3) is 1.00. The minimum Gasteiger partial charge on any atom is -0.378 e. The lowest BCUT2D eigenvalue weighted by Gasteiger charge is -2.38. The zero-order valence-corrected chi connectivity index (χ0v) is 11.3. The SMILES string of the molecule is CCC1CCCCCC1N(CC)C(O)CC. The van der Waals surface area contributed by atoms with E-state index in [0.717, 1.165) is 18.9 Å². The van der Waals surface area contributed by atoms with Crippen molar-refractivity contribution in [3.63, 3.8) is 0 Å². The number of hydrogen-bond donors (Lipinski definition) is 1. The lowest BCUT2D eigenvalue weighted by molar-refractivity contribution is -0.0422. The molecule has 0 aromatic carbocycles. The quantitative estimate of drug-likeness (QED) is 0.575. The maximum atomic E-state index is 10.1. The molecule has 0 heterocycles. The molecule has 2 nitrogen and oxygen atoms in total. The van der Waals surface area contributed by atoms with Crippen molar-refractivity contribution in [3.05, 3.63) is 0 Å². The first-order chi connectivity index (χ1) is 7.74. The molecule has 1 fully saturated rings. The molecule has 0 saturated heterocycles. The van der Waals surface area contributed by atoms with Crippen LogP contribution >= 0.6 is 0 Å². The molecular formula is C14H29NO. The summed E-state index contributed by atoms with van der Waals surface area (Å²) in [5, 5.41) is 10.1. The Hall–Kier alpha value is -0.0800. The van der Waals surface area contributed by atoms with Gasteiger partial charge < -0.3 is 5.11 Å². The van der Waals surface area contributed by atoms with E-state index >= 15 is 0 Å². The van der Waals surface area contributed by atoms with Crippen molar-refractivity contribution >= 4 is 0 Å². The Bertz CT molecular complexity index is 184. The lowest BCUT2D eigenvalue weighted by Crippen LogP contribution is -2.46. The van der Waals surface area contributed by atoms with Crippen LogP contribution in [-0.2, 0) is 0 Å². The van der Waals surface area contributed by atoms with Crippen molar-refractivity contribution in [2.45, 2.75) is 78.0 Å². The van der Waals surface area contributed by atoms with Gasteiger partial charge in [-0.2, -0.15) is 0 Å². The van der Waals surface area contributed by atoms with Crippen LogP contribution in [0.2, 0.25) is 0 Å². The summed E-state index contributed by atoms with van der Waals surface area (Å²) in [4.78, 5) is 2.33. The molecular weight excluding hydrogens is 198 g/mol. The zero-order valence-electron chi connectivity index (χ0n) is 11.3. The Morgan fingerprint density at radius 2 is 1.81 bits per heavy atom. The van der Waals surface area contributed by atoms with Crippen molar-refractivity contribution in [1.82, 2.24) is 4.90 Å². The fourth-order valence-electron chi connectivity index (χ4n) is 3.18. The van der Waals surface area contributed by atoms with Crippen molar-refractivity contribution < 1.29 is 5.11 Å². The second-order valence-corrected chi connectivity index (χ2v) is 5.09. The average Bonchev–Trinajstić information content (AvgIpc) is 2.55. The second kappa shape index (κ2) is 7.29. The van der Waals surface area contributed by atoms with E-state index < -0.39 is 0 Å². The topological polar surface area (TPSA) is 23.5 Å². The molecule has 1 N–H and O–H groups in total. The summed E-state index contributed by atoms with van der Waals surface area (Å²) in [5.74, 6) is 0.795. The van der Waals surface area contributed by atoms with E-state index in [1.54, 1.807) is 0 Å². The first kappa shape index (κ1) is 14.0. The largest absolute Gasteiger partial charge is 0.378 e. The van der Waals surface area contributed by atoms with Gasteiger partial charge >= 0.3 is 0 Å². The third kappa shape index (κ3) is 3.46. The summed E-state index contributed by atoms with van der Waals surface area (Å²) in [6, 6.07) is 0.618. The van der Waals surface area contributed by atoms with Crippen LogP contribution in [0.25, 0.3) is 0 Å². The summed E-state index contributed by atoms with van der Waals surface area (Å²) in [6.45, 7) is 7.53. The highest BCUT2D eigenvalue weighted by Crippen LogP contribution is 2.30. The minimum atomic E-state index is -0.234. The van der Waals surface area contributed by atoms with Gasteiger partial charge in [0.1, 0.15) is 6.23 Å². The third-order valence-corrected chi connectivity index (χ3v) is 4.18. The predicted octanol–water partition coefficient (Wildman–Crippen LogP) is 3.40. The summed E-state index contributed by atoms with van der Waals surface area (Å²) < 4.78 is 0. The molecule has 0 bridgehead atoms. The maximum absolute atomic E-state index is 10.1. The molecule has 3 atom stereocenters. The van der Waals surface area contributed by atoms with Crippen LogP contribution in [0.3, 0.4) is 0 Å². The van der Waals surface area contributed by atoms with Gasteiger partial charge in [-0.3, -0.25) is 4.90 Å². The Morgan fingerprint density at radius 3 is 2.38 bits per heavy atom. The number of nitrogens with zero attached hydrogens (tertiary/aromatic N) is 1. The molecule has 0 spiro atoms. The summed E-state index contributed by atoms with van der Waals surface area (Å²) in [7, 11) is 0. The summed E-state index contributed by atoms with van der Waals surface area (Å²) >= 11 is 0. The minimum absolute atomic E-state index is 0.234. The van der Waals surface area contributed by atoms with Crippen molar-refractivity contribution in [2.75, 3.05) is 6.54 Å². The normalized spacial score (nSPS) is 29.1. The van der Waals surface area contributed by atoms with Gasteiger partial charge in [-0.05, 0) is 31.7 Å². The fourth-order valence-corrected chi connectivity index (χ4v) is 3.18. The highest BCUT2D eigenvalue weighted by Gasteiger charge is 2.29. The Kier molecular flexibility index (Phi) is 6.37. The molecule has 0 aliphatic heterocycles. The van der Waals surface area contributed by atoms with Gasteiger partial charge in [0.05, 0.1) is 0 Å². The molecule has 0 radical (unpaired) electrons. The molecule has 0 aromatic rings. The Balaban J connectivity index is 2.69. The molecule has 0 aromatic heterocycles. The second-order valence-electron chi connectivity index (χ2n) is 5.09.